The van der Waals surface area contributed by atoms with Crippen LogP contribution in [0.25, 0.3) is 0 Å². The number of allylic oxidation sites excluding steroid dienone is 1. The summed E-state index contributed by atoms with van der Waals surface area (Å²) >= 11 is 0. The van der Waals surface area contributed by atoms with Gasteiger partial charge in [-0.3, -0.25) is 0 Å². The van der Waals surface area contributed by atoms with Gasteiger partial charge in [0.2, 0.25) is 0 Å². The quantitative estimate of drug-likeness (QED) is 0.728. The fourth-order valence-electron chi connectivity index (χ4n) is 7.70. The Hall–Kier alpha value is -0.340. The van der Waals surface area contributed by atoms with Crippen molar-refractivity contribution in [1.29, 1.82) is 0 Å². The van der Waals surface area contributed by atoms with Crippen LogP contribution < -0.4 is 5.32 Å². The molecule has 2 heteroatoms. The molecule has 8 unspecified atom stereocenters. The molecule has 0 heterocycles. The van der Waals surface area contributed by atoms with E-state index in [1.54, 1.807) is 5.57 Å². The van der Waals surface area contributed by atoms with E-state index in [1.165, 1.54) is 38.5 Å². The first-order valence-corrected chi connectivity index (χ1v) is 10.4. The first-order chi connectivity index (χ1) is 11.4. The average molecular weight is 332 g/mol. The van der Waals surface area contributed by atoms with Crippen LogP contribution in [0.1, 0.15) is 72.1 Å². The Kier molecular flexibility index (Phi) is 4.16. The summed E-state index contributed by atoms with van der Waals surface area (Å²) in [6.45, 7) is 7.55. The lowest BCUT2D eigenvalue weighted by Gasteiger charge is -2.58. The number of aliphatic hydroxyl groups is 1. The zero-order chi connectivity index (χ0) is 17.1. The van der Waals surface area contributed by atoms with Gasteiger partial charge in [0.05, 0.1) is 6.10 Å². The van der Waals surface area contributed by atoms with Crippen LogP contribution in [0.15, 0.2) is 11.6 Å². The summed E-state index contributed by atoms with van der Waals surface area (Å²) in [5.74, 6) is 3.52. The van der Waals surface area contributed by atoms with Crippen molar-refractivity contribution in [2.45, 2.75) is 84.3 Å². The third kappa shape index (κ3) is 2.28. The van der Waals surface area contributed by atoms with Gasteiger partial charge in [0.1, 0.15) is 0 Å². The van der Waals surface area contributed by atoms with E-state index in [-0.39, 0.29) is 6.10 Å². The van der Waals surface area contributed by atoms with Gasteiger partial charge < -0.3 is 10.4 Å². The Balaban J connectivity index is 1.63. The zero-order valence-corrected chi connectivity index (χ0v) is 16.1. The molecular weight excluding hydrogens is 294 g/mol. The van der Waals surface area contributed by atoms with Crippen molar-refractivity contribution >= 4 is 0 Å². The highest BCUT2D eigenvalue weighted by Crippen LogP contribution is 2.66. The van der Waals surface area contributed by atoms with E-state index in [2.05, 4.69) is 39.2 Å². The van der Waals surface area contributed by atoms with Gasteiger partial charge in [0.15, 0.2) is 0 Å². The lowest BCUT2D eigenvalue weighted by atomic mass is 9.47. The summed E-state index contributed by atoms with van der Waals surface area (Å²) in [4.78, 5) is 0. The zero-order valence-electron chi connectivity index (χ0n) is 16.1. The molecule has 0 saturated heterocycles. The number of hydrogen-bond acceptors (Lipinski definition) is 2. The molecule has 136 valence electrons. The standard InChI is InChI=1S/C22H37NO/c1-14(23-4)18-7-8-19-17-6-5-15-13-16(24)9-11-21(15,2)20(17)10-12-22(18,19)3/h5,14,16-20,23-24H,6-13H2,1-4H3. The molecule has 3 fully saturated rings. The fourth-order valence-corrected chi connectivity index (χ4v) is 7.70. The molecule has 3 saturated carbocycles. The molecule has 24 heavy (non-hydrogen) atoms. The van der Waals surface area contributed by atoms with Gasteiger partial charge in [0, 0.05) is 6.04 Å². The van der Waals surface area contributed by atoms with E-state index in [1.807, 2.05) is 0 Å². The summed E-state index contributed by atoms with van der Waals surface area (Å²) in [5, 5.41) is 13.7. The summed E-state index contributed by atoms with van der Waals surface area (Å²) < 4.78 is 0. The maximum absolute atomic E-state index is 10.1. The smallest absolute Gasteiger partial charge is 0.0577 e. The number of fused-ring (bicyclic) bond motifs is 5. The molecule has 0 bridgehead atoms. The molecule has 0 aromatic heterocycles. The van der Waals surface area contributed by atoms with Gasteiger partial charge in [-0.1, -0.05) is 25.5 Å². The Morgan fingerprint density at radius 3 is 2.67 bits per heavy atom. The molecule has 2 nitrogen and oxygen atoms in total. The summed E-state index contributed by atoms with van der Waals surface area (Å²) in [7, 11) is 2.14. The Morgan fingerprint density at radius 2 is 1.92 bits per heavy atom. The van der Waals surface area contributed by atoms with E-state index < -0.39 is 0 Å². The number of nitrogens with one attached hydrogen (secondary N) is 1. The Labute approximate surface area is 148 Å². The Morgan fingerprint density at radius 1 is 1.12 bits per heavy atom. The minimum Gasteiger partial charge on any atom is -0.393 e. The highest BCUT2D eigenvalue weighted by Gasteiger charge is 2.59. The van der Waals surface area contributed by atoms with Crippen LogP contribution in [0.3, 0.4) is 0 Å². The van der Waals surface area contributed by atoms with Gasteiger partial charge >= 0.3 is 0 Å². The van der Waals surface area contributed by atoms with Crippen LogP contribution in [-0.2, 0) is 0 Å². The van der Waals surface area contributed by atoms with Crippen LogP contribution in [0.2, 0.25) is 0 Å². The van der Waals surface area contributed by atoms with Crippen LogP contribution in [-0.4, -0.2) is 24.3 Å². The second-order valence-electron chi connectivity index (χ2n) is 9.96. The third-order valence-electron chi connectivity index (χ3n) is 9.21. The van der Waals surface area contributed by atoms with Crippen molar-refractivity contribution in [3.63, 3.8) is 0 Å². The summed E-state index contributed by atoms with van der Waals surface area (Å²) in [6, 6.07) is 0.645. The average Bonchev–Trinajstić information content (AvgIpc) is 2.92. The molecule has 0 aliphatic heterocycles. The SMILES string of the molecule is CNC(C)C1CCC2C3CC=C4CC(O)CCC4(C)C3CCC12C. The van der Waals surface area contributed by atoms with Crippen LogP contribution in [0.4, 0.5) is 0 Å². The predicted molar refractivity (Wildman–Crippen MR) is 99.7 cm³/mol. The molecular formula is C22H37NO. The van der Waals surface area contributed by atoms with Crippen molar-refractivity contribution in [3.05, 3.63) is 11.6 Å². The van der Waals surface area contributed by atoms with Gasteiger partial charge in [-0.05, 0) is 99.8 Å². The normalized spacial score (nSPS) is 52.0. The molecule has 0 spiro atoms. The minimum atomic E-state index is -0.0814. The second-order valence-corrected chi connectivity index (χ2v) is 9.96. The number of rotatable bonds is 2. The number of aliphatic hydroxyl groups excluding tert-OH is 1. The summed E-state index contributed by atoms with van der Waals surface area (Å²) in [5.41, 5.74) is 2.53. The topological polar surface area (TPSA) is 32.3 Å². The van der Waals surface area contributed by atoms with E-state index in [0.29, 0.717) is 16.9 Å². The van der Waals surface area contributed by atoms with E-state index in [4.69, 9.17) is 0 Å². The summed E-state index contributed by atoms with van der Waals surface area (Å²) in [6.07, 6.45) is 12.6. The highest BCUT2D eigenvalue weighted by molar-refractivity contribution is 5.25. The lowest BCUT2D eigenvalue weighted by Crippen LogP contribution is -2.52. The second kappa shape index (κ2) is 5.84. The van der Waals surface area contributed by atoms with Crippen LogP contribution >= 0.6 is 0 Å². The van der Waals surface area contributed by atoms with Crippen molar-refractivity contribution in [2.75, 3.05) is 7.05 Å². The van der Waals surface area contributed by atoms with Crippen LogP contribution in [0, 0.1) is 34.5 Å². The fraction of sp³-hybridized carbons (Fsp3) is 0.909. The number of hydrogen-bond donors (Lipinski definition) is 2. The molecule has 4 aliphatic rings. The van der Waals surface area contributed by atoms with Gasteiger partial charge in [-0.2, -0.15) is 0 Å². The minimum absolute atomic E-state index is 0.0814. The maximum Gasteiger partial charge on any atom is 0.0577 e. The monoisotopic (exact) mass is 331 g/mol. The molecule has 2 N–H and O–H groups in total. The van der Waals surface area contributed by atoms with Crippen molar-refractivity contribution in [1.82, 2.24) is 5.32 Å². The van der Waals surface area contributed by atoms with Gasteiger partial charge in [-0.15, -0.1) is 0 Å². The molecule has 4 aliphatic carbocycles. The van der Waals surface area contributed by atoms with Crippen molar-refractivity contribution in [3.8, 4) is 0 Å². The largest absolute Gasteiger partial charge is 0.393 e. The third-order valence-corrected chi connectivity index (χ3v) is 9.21. The van der Waals surface area contributed by atoms with Crippen molar-refractivity contribution < 1.29 is 5.11 Å². The molecule has 0 radical (unpaired) electrons. The molecule has 4 rings (SSSR count). The van der Waals surface area contributed by atoms with Gasteiger partial charge in [0.25, 0.3) is 0 Å². The first kappa shape index (κ1) is 17.1. The highest BCUT2D eigenvalue weighted by atomic mass is 16.3. The molecule has 0 aromatic rings. The maximum atomic E-state index is 10.1. The molecule has 0 amide bonds. The van der Waals surface area contributed by atoms with E-state index in [0.717, 1.165) is 36.5 Å². The van der Waals surface area contributed by atoms with Crippen LogP contribution in [0.5, 0.6) is 0 Å². The first-order valence-electron chi connectivity index (χ1n) is 10.4. The van der Waals surface area contributed by atoms with Crippen molar-refractivity contribution in [2.24, 2.45) is 34.5 Å². The molecule has 0 aromatic carbocycles. The lowest BCUT2D eigenvalue weighted by molar-refractivity contribution is -0.0532. The molecule has 8 atom stereocenters. The van der Waals surface area contributed by atoms with E-state index >= 15 is 0 Å². The van der Waals surface area contributed by atoms with Gasteiger partial charge in [-0.25, -0.2) is 0 Å². The predicted octanol–water partition coefficient (Wildman–Crippen LogP) is 4.53. The Bertz CT molecular complexity index is 528. The van der Waals surface area contributed by atoms with E-state index in [9.17, 15) is 5.11 Å².